The number of allylic oxidation sites excluding steroid dienone is 1. The fourth-order valence-corrected chi connectivity index (χ4v) is 2.57. The third-order valence-corrected chi connectivity index (χ3v) is 3.99. The fraction of sp³-hybridized carbons (Fsp3) is 0.895. The second-order valence-corrected chi connectivity index (χ2v) is 6.62. The molecule has 0 bridgehead atoms. The Labute approximate surface area is 134 Å². The van der Waals surface area contributed by atoms with E-state index in [1.165, 1.54) is 76.3 Å². The summed E-state index contributed by atoms with van der Waals surface area (Å²) in [5, 5.41) is 3.45. The second kappa shape index (κ2) is 15.9. The highest BCUT2D eigenvalue weighted by Crippen LogP contribution is 2.12. The highest BCUT2D eigenvalue weighted by Gasteiger charge is 1.96. The van der Waals surface area contributed by atoms with Crippen LogP contribution >= 0.6 is 0 Å². The van der Waals surface area contributed by atoms with Gasteiger partial charge in [-0.2, -0.15) is 0 Å². The number of hydrogen-bond acceptors (Lipinski definition) is 2. The Hall–Kier alpha value is -0.500. The molecule has 0 spiro atoms. The summed E-state index contributed by atoms with van der Waals surface area (Å²) < 4.78 is 0. The zero-order valence-electron chi connectivity index (χ0n) is 15.1. The quantitative estimate of drug-likeness (QED) is 0.386. The monoisotopic (exact) mass is 296 g/mol. The van der Waals surface area contributed by atoms with E-state index in [2.05, 4.69) is 37.8 Å². The van der Waals surface area contributed by atoms with Crippen molar-refractivity contribution in [3.05, 3.63) is 12.3 Å². The number of nitrogens with zero attached hydrogens (tertiary/aromatic N) is 1. The van der Waals surface area contributed by atoms with Gasteiger partial charge in [-0.1, -0.05) is 71.3 Å². The molecule has 0 radical (unpaired) electrons. The van der Waals surface area contributed by atoms with Gasteiger partial charge in [-0.05, 0) is 39.9 Å². The molecular formula is C19H40N2. The lowest BCUT2D eigenvalue weighted by Gasteiger charge is -2.12. The topological polar surface area (TPSA) is 15.3 Å². The van der Waals surface area contributed by atoms with Crippen molar-refractivity contribution in [3.63, 3.8) is 0 Å². The van der Waals surface area contributed by atoms with E-state index in [-0.39, 0.29) is 0 Å². The van der Waals surface area contributed by atoms with Crippen molar-refractivity contribution in [1.29, 1.82) is 0 Å². The standard InChI is InChI=1S/C19H40N2/c1-5-6-7-8-9-10-11-12-13-14-16-19(2)20-17-15-18-21(3)4/h20H,2,5-18H2,1,3-4H3. The van der Waals surface area contributed by atoms with E-state index in [1.54, 1.807) is 0 Å². The van der Waals surface area contributed by atoms with Crippen molar-refractivity contribution in [2.75, 3.05) is 27.2 Å². The Morgan fingerprint density at radius 2 is 1.33 bits per heavy atom. The van der Waals surface area contributed by atoms with Gasteiger partial charge in [0.2, 0.25) is 0 Å². The summed E-state index contributed by atoms with van der Waals surface area (Å²) in [7, 11) is 4.25. The van der Waals surface area contributed by atoms with Crippen molar-refractivity contribution >= 4 is 0 Å². The van der Waals surface area contributed by atoms with E-state index in [1.807, 2.05) is 0 Å². The maximum absolute atomic E-state index is 4.12. The molecule has 0 fully saturated rings. The van der Waals surface area contributed by atoms with Gasteiger partial charge in [0.15, 0.2) is 0 Å². The average Bonchev–Trinajstić information content (AvgIpc) is 2.45. The summed E-state index contributed by atoms with van der Waals surface area (Å²) in [6.07, 6.45) is 16.4. The molecule has 0 aliphatic rings. The summed E-state index contributed by atoms with van der Waals surface area (Å²) in [5.41, 5.74) is 1.23. The SMILES string of the molecule is C=C(CCCCCCCCCCCC)NCCCN(C)C. The summed E-state index contributed by atoms with van der Waals surface area (Å²) in [4.78, 5) is 2.23. The van der Waals surface area contributed by atoms with Crippen LogP contribution in [-0.2, 0) is 0 Å². The maximum atomic E-state index is 4.12. The maximum Gasteiger partial charge on any atom is 0.0155 e. The van der Waals surface area contributed by atoms with Gasteiger partial charge in [0.25, 0.3) is 0 Å². The van der Waals surface area contributed by atoms with E-state index in [0.29, 0.717) is 0 Å². The molecule has 2 nitrogen and oxygen atoms in total. The second-order valence-electron chi connectivity index (χ2n) is 6.62. The van der Waals surface area contributed by atoms with Crippen LogP contribution in [0.15, 0.2) is 12.3 Å². The first-order chi connectivity index (χ1) is 10.2. The molecule has 0 atom stereocenters. The molecule has 0 aliphatic carbocycles. The first-order valence-electron chi connectivity index (χ1n) is 9.23. The van der Waals surface area contributed by atoms with E-state index in [4.69, 9.17) is 0 Å². The zero-order chi connectivity index (χ0) is 15.8. The third kappa shape index (κ3) is 17.4. The first kappa shape index (κ1) is 20.5. The van der Waals surface area contributed by atoms with Gasteiger partial charge in [0.1, 0.15) is 0 Å². The number of rotatable bonds is 16. The largest absolute Gasteiger partial charge is 0.389 e. The molecule has 0 rings (SSSR count). The minimum absolute atomic E-state index is 1.06. The van der Waals surface area contributed by atoms with Gasteiger partial charge in [0.05, 0.1) is 0 Å². The van der Waals surface area contributed by atoms with Crippen LogP contribution in [0.1, 0.15) is 84.0 Å². The Balaban J connectivity index is 3.14. The van der Waals surface area contributed by atoms with Gasteiger partial charge in [0, 0.05) is 12.2 Å². The summed E-state index contributed by atoms with van der Waals surface area (Å²) in [6, 6.07) is 0. The predicted octanol–water partition coefficient (Wildman–Crippen LogP) is 5.35. The Kier molecular flexibility index (Phi) is 15.5. The normalized spacial score (nSPS) is 11.0. The van der Waals surface area contributed by atoms with Crippen LogP contribution in [0.4, 0.5) is 0 Å². The molecule has 0 aromatic rings. The lowest BCUT2D eigenvalue weighted by Crippen LogP contribution is -2.20. The Bertz CT molecular complexity index is 224. The molecule has 1 N–H and O–H groups in total. The minimum Gasteiger partial charge on any atom is -0.389 e. The number of hydrogen-bond donors (Lipinski definition) is 1. The molecule has 0 amide bonds. The van der Waals surface area contributed by atoms with Crippen molar-refractivity contribution in [1.82, 2.24) is 10.2 Å². The van der Waals surface area contributed by atoms with Crippen LogP contribution in [0.5, 0.6) is 0 Å². The molecule has 0 heterocycles. The van der Waals surface area contributed by atoms with Crippen molar-refractivity contribution < 1.29 is 0 Å². The van der Waals surface area contributed by atoms with Gasteiger partial charge in [-0.25, -0.2) is 0 Å². The molecule has 21 heavy (non-hydrogen) atoms. The highest BCUT2D eigenvalue weighted by molar-refractivity contribution is 4.90. The van der Waals surface area contributed by atoms with E-state index >= 15 is 0 Å². The van der Waals surface area contributed by atoms with Crippen LogP contribution in [0.2, 0.25) is 0 Å². The lowest BCUT2D eigenvalue weighted by atomic mass is 10.1. The van der Waals surface area contributed by atoms with Gasteiger partial charge >= 0.3 is 0 Å². The molecule has 0 saturated heterocycles. The van der Waals surface area contributed by atoms with Crippen LogP contribution < -0.4 is 5.32 Å². The van der Waals surface area contributed by atoms with Crippen LogP contribution in [0.3, 0.4) is 0 Å². The Morgan fingerprint density at radius 1 is 0.810 bits per heavy atom. The molecule has 0 aromatic heterocycles. The third-order valence-electron chi connectivity index (χ3n) is 3.99. The number of nitrogens with one attached hydrogen (secondary N) is 1. The molecule has 0 aromatic carbocycles. The predicted molar refractivity (Wildman–Crippen MR) is 96.8 cm³/mol. The summed E-state index contributed by atoms with van der Waals surface area (Å²) >= 11 is 0. The highest BCUT2D eigenvalue weighted by atomic mass is 15.1. The molecule has 126 valence electrons. The zero-order valence-corrected chi connectivity index (χ0v) is 15.1. The van der Waals surface area contributed by atoms with E-state index in [9.17, 15) is 0 Å². The molecular weight excluding hydrogens is 256 g/mol. The smallest absolute Gasteiger partial charge is 0.0155 e. The molecule has 0 saturated carbocycles. The lowest BCUT2D eigenvalue weighted by molar-refractivity contribution is 0.397. The molecule has 2 heteroatoms. The minimum atomic E-state index is 1.06. The van der Waals surface area contributed by atoms with Crippen molar-refractivity contribution in [3.8, 4) is 0 Å². The average molecular weight is 297 g/mol. The van der Waals surface area contributed by atoms with Crippen LogP contribution in [-0.4, -0.2) is 32.1 Å². The van der Waals surface area contributed by atoms with E-state index < -0.39 is 0 Å². The van der Waals surface area contributed by atoms with Gasteiger partial charge in [-0.3, -0.25) is 0 Å². The number of unbranched alkanes of at least 4 members (excludes halogenated alkanes) is 9. The summed E-state index contributed by atoms with van der Waals surface area (Å²) in [5.74, 6) is 0. The van der Waals surface area contributed by atoms with Crippen molar-refractivity contribution in [2.45, 2.75) is 84.0 Å². The van der Waals surface area contributed by atoms with Gasteiger partial charge < -0.3 is 10.2 Å². The fourth-order valence-electron chi connectivity index (χ4n) is 2.57. The van der Waals surface area contributed by atoms with Gasteiger partial charge in [-0.15, -0.1) is 0 Å². The molecule has 0 unspecified atom stereocenters. The van der Waals surface area contributed by atoms with Crippen molar-refractivity contribution in [2.24, 2.45) is 0 Å². The van der Waals surface area contributed by atoms with E-state index in [0.717, 1.165) is 19.5 Å². The van der Waals surface area contributed by atoms with Crippen LogP contribution in [0.25, 0.3) is 0 Å². The first-order valence-corrected chi connectivity index (χ1v) is 9.23. The summed E-state index contributed by atoms with van der Waals surface area (Å²) in [6.45, 7) is 8.62. The van der Waals surface area contributed by atoms with Crippen LogP contribution in [0, 0.1) is 0 Å². The Morgan fingerprint density at radius 3 is 1.86 bits per heavy atom. The molecule has 0 aliphatic heterocycles.